The van der Waals surface area contributed by atoms with Crippen LogP contribution in [0.25, 0.3) is 11.3 Å². The molecule has 0 aliphatic heterocycles. The Balaban J connectivity index is 2.02. The minimum Gasteiger partial charge on any atom is -0.399 e. The smallest absolute Gasteiger partial charge is 0.256 e. The monoisotopic (exact) mass is 333 g/mol. The Morgan fingerprint density at radius 2 is 1.72 bits per heavy atom. The molecule has 0 saturated heterocycles. The highest BCUT2D eigenvalue weighted by Crippen LogP contribution is 2.27. The molecule has 0 bridgehead atoms. The zero-order valence-electron chi connectivity index (χ0n) is 14.1. The van der Waals surface area contributed by atoms with Gasteiger partial charge in [-0.05, 0) is 31.5 Å². The molecule has 0 aliphatic rings. The van der Waals surface area contributed by atoms with Crippen molar-refractivity contribution in [3.8, 4) is 11.3 Å². The number of nitrogen functional groups attached to an aromatic ring is 1. The number of nitrogens with two attached hydrogens (primary N) is 1. The van der Waals surface area contributed by atoms with Gasteiger partial charge in [-0.2, -0.15) is 5.10 Å². The topological polar surface area (TPSA) is 78.0 Å². The molecule has 0 atom stereocenters. The molecule has 0 unspecified atom stereocenters. The number of hydrogen-bond donors (Lipinski definition) is 1. The van der Waals surface area contributed by atoms with Gasteiger partial charge in [0.15, 0.2) is 6.29 Å². The summed E-state index contributed by atoms with van der Waals surface area (Å²) in [6.07, 6.45) is 2.18. The Labute approximate surface area is 146 Å². The zero-order valence-corrected chi connectivity index (χ0v) is 14.1. The predicted molar refractivity (Wildman–Crippen MR) is 97.6 cm³/mol. The molecule has 0 radical (unpaired) electrons. The van der Waals surface area contributed by atoms with E-state index in [1.54, 1.807) is 24.3 Å². The fraction of sp³-hybridized carbons (Fsp3) is 0.150. The summed E-state index contributed by atoms with van der Waals surface area (Å²) in [6, 6.07) is 16.5. The van der Waals surface area contributed by atoms with Crippen LogP contribution in [-0.2, 0) is 5.41 Å². The summed E-state index contributed by atoms with van der Waals surface area (Å²) in [5, 5.41) is 4.37. The maximum absolute atomic E-state index is 13.0. The molecule has 1 aromatic heterocycles. The molecule has 25 heavy (non-hydrogen) atoms. The van der Waals surface area contributed by atoms with Crippen molar-refractivity contribution in [2.45, 2.75) is 19.3 Å². The quantitative estimate of drug-likeness (QED) is 0.585. The number of rotatable bonds is 4. The van der Waals surface area contributed by atoms with Gasteiger partial charge in [-0.3, -0.25) is 9.59 Å². The first-order chi connectivity index (χ1) is 11.9. The van der Waals surface area contributed by atoms with Crippen LogP contribution in [-0.4, -0.2) is 22.0 Å². The lowest BCUT2D eigenvalue weighted by Crippen LogP contribution is -2.34. The largest absolute Gasteiger partial charge is 0.399 e. The number of aldehydes is 1. The van der Waals surface area contributed by atoms with Crippen LogP contribution in [0, 0.1) is 0 Å². The molecular formula is C20H19N3O2. The van der Waals surface area contributed by atoms with Gasteiger partial charge in [-0.1, -0.05) is 42.5 Å². The first-order valence-corrected chi connectivity index (χ1v) is 7.94. The predicted octanol–water partition coefficient (Wildman–Crippen LogP) is 3.56. The third kappa shape index (κ3) is 3.08. The van der Waals surface area contributed by atoms with E-state index in [0.29, 0.717) is 23.2 Å². The van der Waals surface area contributed by atoms with Crippen LogP contribution in [0.15, 0.2) is 60.8 Å². The average Bonchev–Trinajstić information content (AvgIpc) is 3.06. The van der Waals surface area contributed by atoms with Gasteiger partial charge in [0.05, 0.1) is 11.0 Å². The molecule has 3 aromatic rings. The summed E-state index contributed by atoms with van der Waals surface area (Å²) in [4.78, 5) is 24.4. The number of aromatic nitrogens is 2. The maximum atomic E-state index is 13.0. The second kappa shape index (κ2) is 6.36. The van der Waals surface area contributed by atoms with Gasteiger partial charge in [0.2, 0.25) is 0 Å². The second-order valence-corrected chi connectivity index (χ2v) is 6.41. The van der Waals surface area contributed by atoms with Crippen LogP contribution in [0.1, 0.15) is 34.6 Å². The Morgan fingerprint density at radius 3 is 2.32 bits per heavy atom. The van der Waals surface area contributed by atoms with E-state index in [1.807, 2.05) is 44.2 Å². The zero-order chi connectivity index (χ0) is 18.0. The third-order valence-corrected chi connectivity index (χ3v) is 4.29. The molecule has 5 heteroatoms. The van der Waals surface area contributed by atoms with Crippen LogP contribution in [0.3, 0.4) is 0 Å². The molecule has 3 rings (SSSR count). The molecule has 0 amide bonds. The average molecular weight is 333 g/mol. The van der Waals surface area contributed by atoms with Gasteiger partial charge in [0.25, 0.3) is 5.91 Å². The fourth-order valence-corrected chi connectivity index (χ4v) is 2.71. The summed E-state index contributed by atoms with van der Waals surface area (Å²) in [5.74, 6) is -0.205. The van der Waals surface area contributed by atoms with Gasteiger partial charge in [-0.25, -0.2) is 4.68 Å². The van der Waals surface area contributed by atoms with E-state index in [9.17, 15) is 9.59 Å². The molecule has 2 N–H and O–H groups in total. The van der Waals surface area contributed by atoms with E-state index in [4.69, 9.17) is 5.73 Å². The lowest BCUT2D eigenvalue weighted by Gasteiger charge is -2.23. The van der Waals surface area contributed by atoms with Crippen LogP contribution >= 0.6 is 0 Å². The van der Waals surface area contributed by atoms with Gasteiger partial charge in [0.1, 0.15) is 5.69 Å². The lowest BCUT2D eigenvalue weighted by molar-refractivity contribution is 0.0805. The highest BCUT2D eigenvalue weighted by atomic mass is 16.2. The summed E-state index contributed by atoms with van der Waals surface area (Å²) in [7, 11) is 0. The third-order valence-electron chi connectivity index (χ3n) is 4.29. The summed E-state index contributed by atoms with van der Waals surface area (Å²) < 4.78 is 1.25. The van der Waals surface area contributed by atoms with Crippen molar-refractivity contribution in [3.63, 3.8) is 0 Å². The van der Waals surface area contributed by atoms with E-state index in [1.165, 1.54) is 10.9 Å². The molecule has 0 spiro atoms. The van der Waals surface area contributed by atoms with Crippen LogP contribution < -0.4 is 5.73 Å². The Hall–Kier alpha value is -3.21. The molecule has 0 fully saturated rings. The fourth-order valence-electron chi connectivity index (χ4n) is 2.71. The molecule has 0 saturated carbocycles. The van der Waals surface area contributed by atoms with Crippen molar-refractivity contribution in [3.05, 3.63) is 71.9 Å². The highest BCUT2D eigenvalue weighted by molar-refractivity contribution is 5.92. The standard InChI is InChI=1S/C20H19N3O2/c1-20(2,16-6-4-3-5-7-16)19(25)23-12-15(13-24)18(22-23)14-8-10-17(21)11-9-14/h3-13H,21H2,1-2H3. The number of benzene rings is 2. The molecule has 0 aliphatic carbocycles. The van der Waals surface area contributed by atoms with Crippen molar-refractivity contribution in [1.82, 2.24) is 9.78 Å². The van der Waals surface area contributed by atoms with E-state index in [-0.39, 0.29) is 5.91 Å². The van der Waals surface area contributed by atoms with Crippen molar-refractivity contribution in [2.75, 3.05) is 5.73 Å². The van der Waals surface area contributed by atoms with Gasteiger partial charge in [-0.15, -0.1) is 0 Å². The molecule has 2 aromatic carbocycles. The molecule has 126 valence electrons. The summed E-state index contributed by atoms with van der Waals surface area (Å²) in [6.45, 7) is 3.69. The first kappa shape index (κ1) is 16.6. The van der Waals surface area contributed by atoms with Crippen molar-refractivity contribution >= 4 is 17.9 Å². The second-order valence-electron chi connectivity index (χ2n) is 6.41. The van der Waals surface area contributed by atoms with E-state index in [0.717, 1.165) is 11.1 Å². The summed E-state index contributed by atoms with van der Waals surface area (Å²) in [5.41, 5.74) is 8.00. The summed E-state index contributed by atoms with van der Waals surface area (Å²) >= 11 is 0. The Bertz CT molecular complexity index is 910. The van der Waals surface area contributed by atoms with E-state index < -0.39 is 5.41 Å². The first-order valence-electron chi connectivity index (χ1n) is 7.94. The number of anilines is 1. The van der Waals surface area contributed by atoms with Gasteiger partial charge >= 0.3 is 0 Å². The molecular weight excluding hydrogens is 314 g/mol. The van der Waals surface area contributed by atoms with Crippen LogP contribution in [0.5, 0.6) is 0 Å². The van der Waals surface area contributed by atoms with Crippen molar-refractivity contribution in [1.29, 1.82) is 0 Å². The minimum absolute atomic E-state index is 0.205. The van der Waals surface area contributed by atoms with Crippen molar-refractivity contribution < 1.29 is 9.59 Å². The lowest BCUT2D eigenvalue weighted by atomic mass is 9.84. The molecule has 1 heterocycles. The minimum atomic E-state index is -0.772. The van der Waals surface area contributed by atoms with Gasteiger partial charge in [0, 0.05) is 17.4 Å². The Morgan fingerprint density at radius 1 is 1.08 bits per heavy atom. The van der Waals surface area contributed by atoms with Crippen LogP contribution in [0.4, 0.5) is 5.69 Å². The van der Waals surface area contributed by atoms with Gasteiger partial charge < -0.3 is 5.73 Å². The number of carbonyl (C=O) groups is 2. The van der Waals surface area contributed by atoms with E-state index >= 15 is 0 Å². The maximum Gasteiger partial charge on any atom is 0.256 e. The van der Waals surface area contributed by atoms with E-state index in [2.05, 4.69) is 5.10 Å². The van der Waals surface area contributed by atoms with Crippen molar-refractivity contribution in [2.24, 2.45) is 0 Å². The number of nitrogens with zero attached hydrogens (tertiary/aromatic N) is 2. The number of hydrogen-bond acceptors (Lipinski definition) is 4. The normalized spacial score (nSPS) is 11.3. The highest BCUT2D eigenvalue weighted by Gasteiger charge is 2.32. The SMILES string of the molecule is CC(C)(C(=O)n1cc(C=O)c(-c2ccc(N)cc2)n1)c1ccccc1. The van der Waals surface area contributed by atoms with Crippen LogP contribution in [0.2, 0.25) is 0 Å². The number of carbonyl (C=O) groups excluding carboxylic acids is 2. The Kier molecular flexibility index (Phi) is 4.23. The molecule has 5 nitrogen and oxygen atoms in total.